The van der Waals surface area contributed by atoms with Gasteiger partial charge in [-0.1, -0.05) is 28.1 Å². The molecule has 13 heteroatoms. The van der Waals surface area contributed by atoms with Crippen LogP contribution >= 0.6 is 31.9 Å². The van der Waals surface area contributed by atoms with Crippen molar-refractivity contribution in [2.24, 2.45) is 5.10 Å². The summed E-state index contributed by atoms with van der Waals surface area (Å²) in [5, 5.41) is 17.2. The summed E-state index contributed by atoms with van der Waals surface area (Å²) in [6.45, 7) is -0.515. The number of furan rings is 1. The summed E-state index contributed by atoms with van der Waals surface area (Å²) in [7, 11) is 1.18. The highest BCUT2D eigenvalue weighted by molar-refractivity contribution is 9.10. The number of esters is 1. The largest absolute Gasteiger partial charge is 0.474 e. The summed E-state index contributed by atoms with van der Waals surface area (Å²) < 4.78 is 17.9. The molecule has 0 saturated carbocycles. The van der Waals surface area contributed by atoms with Crippen LogP contribution in [-0.4, -0.2) is 40.5 Å². The minimum absolute atomic E-state index is 0.147. The van der Waals surface area contributed by atoms with Gasteiger partial charge in [0.05, 0.1) is 33.6 Å². The smallest absolute Gasteiger partial charge is 0.343 e. The number of aromatic nitrogens is 2. The first kappa shape index (κ1) is 26.3. The lowest BCUT2D eigenvalue weighted by atomic mass is 10.2. The zero-order chi connectivity index (χ0) is 27.7. The number of hydrogen-bond donors (Lipinski definition) is 0. The van der Waals surface area contributed by atoms with Gasteiger partial charge in [0.25, 0.3) is 5.56 Å². The molecule has 0 aliphatic heterocycles. The van der Waals surface area contributed by atoms with Crippen LogP contribution in [-0.2, 0) is 9.53 Å². The number of nitro groups is 1. The highest BCUT2D eigenvalue weighted by atomic mass is 79.9. The van der Waals surface area contributed by atoms with Crippen LogP contribution in [0.2, 0.25) is 0 Å². The van der Waals surface area contributed by atoms with Gasteiger partial charge in [0.1, 0.15) is 5.58 Å². The van der Waals surface area contributed by atoms with Crippen molar-refractivity contribution < 1.29 is 23.6 Å². The number of rotatable bonds is 7. The van der Waals surface area contributed by atoms with Crippen LogP contribution in [0, 0.1) is 10.1 Å². The highest BCUT2D eigenvalue weighted by Crippen LogP contribution is 2.36. The first-order valence-corrected chi connectivity index (χ1v) is 12.8. The third kappa shape index (κ3) is 5.31. The standard InChI is InChI=1S/C26H16Br2N4O7/c1-37-23(33)13-38-24-18(28)8-14(9-20(24)32(35)36)12-29-31-25(30-19-5-3-2-4-17(19)26(31)34)22-11-15-10-16(27)6-7-21(15)39-22/h2-12H,13H2,1H3. The normalized spacial score (nSPS) is 11.4. The maximum atomic E-state index is 13.5. The second kappa shape index (κ2) is 10.8. The molecule has 0 aliphatic rings. The Morgan fingerprint density at radius 2 is 1.97 bits per heavy atom. The molecule has 39 heavy (non-hydrogen) atoms. The molecule has 0 saturated heterocycles. The van der Waals surface area contributed by atoms with E-state index in [0.29, 0.717) is 22.2 Å². The van der Waals surface area contributed by atoms with Crippen molar-refractivity contribution >= 4 is 71.6 Å². The lowest BCUT2D eigenvalue weighted by Gasteiger charge is -2.09. The van der Waals surface area contributed by atoms with E-state index in [9.17, 15) is 19.7 Å². The van der Waals surface area contributed by atoms with Crippen LogP contribution in [0.1, 0.15) is 5.56 Å². The second-order valence-corrected chi connectivity index (χ2v) is 9.85. The minimum atomic E-state index is -0.699. The fraction of sp³-hybridized carbons (Fsp3) is 0.0769. The van der Waals surface area contributed by atoms with Crippen LogP contribution in [0.15, 0.2) is 83.9 Å². The number of nitrogens with zero attached hydrogens (tertiary/aromatic N) is 4. The van der Waals surface area contributed by atoms with Gasteiger partial charge in [-0.3, -0.25) is 14.9 Å². The summed E-state index contributed by atoms with van der Waals surface area (Å²) in [4.78, 5) is 40.6. The summed E-state index contributed by atoms with van der Waals surface area (Å²) >= 11 is 6.68. The van der Waals surface area contributed by atoms with Crippen LogP contribution < -0.4 is 10.3 Å². The van der Waals surface area contributed by atoms with E-state index in [-0.39, 0.29) is 21.6 Å². The van der Waals surface area contributed by atoms with E-state index in [0.717, 1.165) is 14.5 Å². The molecule has 0 bridgehead atoms. The first-order chi connectivity index (χ1) is 18.7. The van der Waals surface area contributed by atoms with E-state index in [1.165, 1.54) is 25.5 Å². The lowest BCUT2D eigenvalue weighted by Crippen LogP contribution is -2.20. The van der Waals surface area contributed by atoms with Crippen LogP contribution in [0.5, 0.6) is 5.75 Å². The van der Waals surface area contributed by atoms with E-state index in [1.54, 1.807) is 36.4 Å². The van der Waals surface area contributed by atoms with Crippen molar-refractivity contribution in [3.05, 3.63) is 95.6 Å². The zero-order valence-electron chi connectivity index (χ0n) is 20.0. The summed E-state index contributed by atoms with van der Waals surface area (Å²) in [5.74, 6) is -0.396. The number of benzene rings is 3. The molecule has 0 amide bonds. The predicted molar refractivity (Wildman–Crippen MR) is 150 cm³/mol. The maximum absolute atomic E-state index is 13.5. The molecule has 5 aromatic rings. The number of carbonyl (C=O) groups excluding carboxylic acids is 1. The van der Waals surface area contributed by atoms with Crippen LogP contribution in [0.4, 0.5) is 5.69 Å². The van der Waals surface area contributed by atoms with Gasteiger partial charge in [-0.2, -0.15) is 9.78 Å². The van der Waals surface area contributed by atoms with Crippen molar-refractivity contribution in [3.63, 3.8) is 0 Å². The average molecular weight is 656 g/mol. The Balaban J connectivity index is 1.63. The minimum Gasteiger partial charge on any atom is -0.474 e. The Bertz CT molecular complexity index is 1860. The number of carbonyl (C=O) groups is 1. The summed E-state index contributed by atoms with van der Waals surface area (Å²) in [6.07, 6.45) is 1.28. The number of ether oxygens (including phenoxy) is 2. The second-order valence-electron chi connectivity index (χ2n) is 8.08. The fourth-order valence-electron chi connectivity index (χ4n) is 3.78. The van der Waals surface area contributed by atoms with Gasteiger partial charge < -0.3 is 13.9 Å². The molecule has 0 N–H and O–H groups in total. The van der Waals surface area contributed by atoms with Gasteiger partial charge >= 0.3 is 11.7 Å². The van der Waals surface area contributed by atoms with Gasteiger partial charge in [0.2, 0.25) is 11.6 Å². The molecule has 0 fully saturated rings. The third-order valence-corrected chi connectivity index (χ3v) is 6.66. The number of hydrogen-bond acceptors (Lipinski definition) is 9. The van der Waals surface area contributed by atoms with E-state index < -0.39 is 28.7 Å². The molecule has 2 aromatic heterocycles. The van der Waals surface area contributed by atoms with Crippen LogP contribution in [0.3, 0.4) is 0 Å². The molecular formula is C26H16Br2N4O7. The van der Waals surface area contributed by atoms with Crippen molar-refractivity contribution in [2.45, 2.75) is 0 Å². The van der Waals surface area contributed by atoms with Crippen LogP contribution in [0.25, 0.3) is 33.5 Å². The van der Waals surface area contributed by atoms with Crippen molar-refractivity contribution in [2.75, 3.05) is 13.7 Å². The van der Waals surface area contributed by atoms with Crippen molar-refractivity contribution in [1.29, 1.82) is 0 Å². The van der Waals surface area contributed by atoms with E-state index >= 15 is 0 Å². The molecule has 0 spiro atoms. The fourth-order valence-corrected chi connectivity index (χ4v) is 4.74. The van der Waals surface area contributed by atoms with Gasteiger partial charge in [-0.05, 0) is 58.4 Å². The van der Waals surface area contributed by atoms with Gasteiger partial charge in [-0.25, -0.2) is 9.78 Å². The molecule has 2 heterocycles. The molecular weight excluding hydrogens is 640 g/mol. The molecule has 11 nitrogen and oxygen atoms in total. The van der Waals surface area contributed by atoms with Gasteiger partial charge in [0.15, 0.2) is 12.4 Å². The van der Waals surface area contributed by atoms with E-state index in [2.05, 4.69) is 46.7 Å². The summed E-state index contributed by atoms with van der Waals surface area (Å²) in [5.41, 5.74) is 0.449. The quantitative estimate of drug-likeness (QED) is 0.0945. The van der Waals surface area contributed by atoms with E-state index in [4.69, 9.17) is 9.15 Å². The topological polar surface area (TPSA) is 139 Å². The van der Waals surface area contributed by atoms with E-state index in [1.807, 2.05) is 12.1 Å². The Kier molecular flexibility index (Phi) is 7.26. The molecule has 0 atom stereocenters. The Morgan fingerprint density at radius 1 is 1.18 bits per heavy atom. The van der Waals surface area contributed by atoms with Gasteiger partial charge in [-0.15, -0.1) is 0 Å². The zero-order valence-corrected chi connectivity index (χ0v) is 23.1. The number of fused-ring (bicyclic) bond motifs is 2. The maximum Gasteiger partial charge on any atom is 0.343 e. The SMILES string of the molecule is COC(=O)COc1c(Br)cc(C=Nn2c(-c3cc4cc(Br)ccc4o3)nc3ccccc3c2=O)cc1[N+](=O)[O-]. The number of halogens is 2. The van der Waals surface area contributed by atoms with Crippen molar-refractivity contribution in [3.8, 4) is 17.3 Å². The first-order valence-electron chi connectivity index (χ1n) is 11.2. The Morgan fingerprint density at radius 3 is 2.74 bits per heavy atom. The molecule has 5 rings (SSSR count). The molecule has 0 aliphatic carbocycles. The highest BCUT2D eigenvalue weighted by Gasteiger charge is 2.22. The predicted octanol–water partition coefficient (Wildman–Crippen LogP) is 5.68. The lowest BCUT2D eigenvalue weighted by molar-refractivity contribution is -0.385. The number of methoxy groups -OCH3 is 1. The van der Waals surface area contributed by atoms with Crippen molar-refractivity contribution in [1.82, 2.24) is 9.66 Å². The molecule has 196 valence electrons. The Hall–Kier alpha value is -4.36. The number of nitro benzene ring substituents is 1. The average Bonchev–Trinajstić information content (AvgIpc) is 3.34. The Labute approximate surface area is 236 Å². The number of para-hydroxylation sites is 1. The monoisotopic (exact) mass is 654 g/mol. The molecule has 0 radical (unpaired) electrons. The molecule has 0 unspecified atom stereocenters. The molecule has 3 aromatic carbocycles. The summed E-state index contributed by atoms with van der Waals surface area (Å²) in [6, 6.07) is 16.8. The van der Waals surface area contributed by atoms with Gasteiger partial charge in [0, 0.05) is 21.5 Å². The third-order valence-electron chi connectivity index (χ3n) is 5.58.